The SMILES string of the molecule is CCc1cc(N(c2ccc(F)cc2)c2ccc(-c3ccccc3)cc2)ccc1N1c2ccccc2C(C)(C)c2ccccc21. The number of hydrogen-bond acceptors (Lipinski definition) is 2. The number of para-hydroxylation sites is 2. The van der Waals surface area contributed by atoms with Gasteiger partial charge in [-0.05, 0) is 101 Å². The zero-order chi connectivity index (χ0) is 30.3. The molecule has 0 atom stereocenters. The maximum atomic E-state index is 14.0. The lowest BCUT2D eigenvalue weighted by Crippen LogP contribution is -2.30. The number of fused-ring (bicyclic) bond motifs is 2. The van der Waals surface area contributed by atoms with Crippen LogP contribution in [0.1, 0.15) is 37.5 Å². The predicted octanol–water partition coefficient (Wildman–Crippen LogP) is 11.6. The van der Waals surface area contributed by atoms with Crippen LogP contribution in [-0.2, 0) is 11.8 Å². The highest BCUT2D eigenvalue weighted by Crippen LogP contribution is 2.52. The molecule has 0 unspecified atom stereocenters. The first-order chi connectivity index (χ1) is 21.5. The van der Waals surface area contributed by atoms with Crippen molar-refractivity contribution < 1.29 is 4.39 Å². The molecule has 0 saturated carbocycles. The molecule has 0 aliphatic carbocycles. The van der Waals surface area contributed by atoms with Gasteiger partial charge in [-0.1, -0.05) is 99.6 Å². The Bertz CT molecular complexity index is 1880. The lowest BCUT2D eigenvalue weighted by Gasteiger charge is -2.42. The Morgan fingerprint density at radius 2 is 1.05 bits per heavy atom. The minimum atomic E-state index is -0.247. The van der Waals surface area contributed by atoms with Gasteiger partial charge < -0.3 is 9.80 Å². The van der Waals surface area contributed by atoms with Gasteiger partial charge in [0.15, 0.2) is 0 Å². The van der Waals surface area contributed by atoms with Crippen molar-refractivity contribution in [3.05, 3.63) is 168 Å². The third-order valence-electron chi connectivity index (χ3n) is 8.90. The van der Waals surface area contributed by atoms with Crippen LogP contribution in [0.25, 0.3) is 11.1 Å². The highest BCUT2D eigenvalue weighted by atomic mass is 19.1. The quantitative estimate of drug-likeness (QED) is 0.195. The largest absolute Gasteiger partial charge is 0.310 e. The maximum Gasteiger partial charge on any atom is 0.123 e. The van der Waals surface area contributed by atoms with Crippen molar-refractivity contribution in [1.29, 1.82) is 0 Å². The number of anilines is 6. The molecule has 0 bridgehead atoms. The molecule has 216 valence electrons. The molecule has 7 rings (SSSR count). The predicted molar refractivity (Wildman–Crippen MR) is 183 cm³/mol. The van der Waals surface area contributed by atoms with Crippen molar-refractivity contribution in [2.75, 3.05) is 9.80 Å². The first-order valence-corrected chi connectivity index (χ1v) is 15.3. The molecule has 0 radical (unpaired) electrons. The average Bonchev–Trinajstić information content (AvgIpc) is 3.07. The maximum absolute atomic E-state index is 14.0. The third-order valence-corrected chi connectivity index (χ3v) is 8.90. The van der Waals surface area contributed by atoms with Crippen LogP contribution in [0.3, 0.4) is 0 Å². The van der Waals surface area contributed by atoms with E-state index in [-0.39, 0.29) is 11.2 Å². The Kier molecular flexibility index (Phi) is 7.02. The summed E-state index contributed by atoms with van der Waals surface area (Å²) in [4.78, 5) is 4.63. The van der Waals surface area contributed by atoms with Crippen LogP contribution in [-0.4, -0.2) is 0 Å². The standard InChI is InChI=1S/C41H35FN2/c1-4-29-28-35(26-27-38(29)44-39-16-10-8-14-36(39)41(2,3)37-15-9-11-17-40(37)44)43(34-24-20-32(42)21-25-34)33-22-18-31(19-23-33)30-12-6-5-7-13-30/h5-28H,4H2,1-3H3. The van der Waals surface area contributed by atoms with Gasteiger partial charge in [-0.25, -0.2) is 4.39 Å². The molecular formula is C41H35FN2. The molecule has 0 saturated heterocycles. The van der Waals surface area contributed by atoms with Gasteiger partial charge in [-0.3, -0.25) is 0 Å². The summed E-state index contributed by atoms with van der Waals surface area (Å²) in [6.45, 7) is 6.84. The van der Waals surface area contributed by atoms with E-state index in [0.29, 0.717) is 0 Å². The van der Waals surface area contributed by atoms with Gasteiger partial charge in [-0.15, -0.1) is 0 Å². The molecule has 1 aliphatic rings. The zero-order valence-corrected chi connectivity index (χ0v) is 25.3. The highest BCUT2D eigenvalue weighted by molar-refractivity contribution is 5.88. The Balaban J connectivity index is 1.36. The highest BCUT2D eigenvalue weighted by Gasteiger charge is 2.37. The number of benzene rings is 6. The van der Waals surface area contributed by atoms with E-state index < -0.39 is 0 Å². The smallest absolute Gasteiger partial charge is 0.123 e. The Labute approximate surface area is 259 Å². The van der Waals surface area contributed by atoms with Crippen molar-refractivity contribution >= 4 is 34.1 Å². The molecule has 0 aromatic heterocycles. The van der Waals surface area contributed by atoms with Crippen LogP contribution >= 0.6 is 0 Å². The van der Waals surface area contributed by atoms with Crippen molar-refractivity contribution in [3.8, 4) is 11.1 Å². The van der Waals surface area contributed by atoms with Gasteiger partial charge >= 0.3 is 0 Å². The lowest BCUT2D eigenvalue weighted by atomic mass is 9.73. The van der Waals surface area contributed by atoms with Crippen LogP contribution in [0.2, 0.25) is 0 Å². The average molecular weight is 575 g/mol. The van der Waals surface area contributed by atoms with Gasteiger partial charge in [0.05, 0.1) is 11.4 Å². The third kappa shape index (κ3) is 4.75. The monoisotopic (exact) mass is 574 g/mol. The second-order valence-corrected chi connectivity index (χ2v) is 11.9. The van der Waals surface area contributed by atoms with E-state index >= 15 is 0 Å². The molecule has 0 spiro atoms. The number of halogens is 1. The molecule has 0 amide bonds. The molecule has 0 N–H and O–H groups in total. The molecule has 44 heavy (non-hydrogen) atoms. The minimum Gasteiger partial charge on any atom is -0.310 e. The van der Waals surface area contributed by atoms with Crippen LogP contribution in [0.15, 0.2) is 146 Å². The number of rotatable bonds is 6. The minimum absolute atomic E-state index is 0.110. The molecule has 2 nitrogen and oxygen atoms in total. The fourth-order valence-corrected chi connectivity index (χ4v) is 6.61. The molecule has 3 heteroatoms. The Morgan fingerprint density at radius 1 is 0.545 bits per heavy atom. The van der Waals surface area contributed by atoms with Gasteiger partial charge in [0.1, 0.15) is 5.82 Å². The molecular weight excluding hydrogens is 539 g/mol. The first-order valence-electron chi connectivity index (χ1n) is 15.3. The Hall–Kier alpha value is -5.15. The zero-order valence-electron chi connectivity index (χ0n) is 25.3. The molecule has 1 heterocycles. The van der Waals surface area contributed by atoms with E-state index in [1.165, 1.54) is 51.4 Å². The van der Waals surface area contributed by atoms with Crippen LogP contribution in [0.4, 0.5) is 38.5 Å². The summed E-state index contributed by atoms with van der Waals surface area (Å²) < 4.78 is 14.0. The number of nitrogens with zero attached hydrogens (tertiary/aromatic N) is 2. The van der Waals surface area contributed by atoms with Gasteiger partial charge in [0.25, 0.3) is 0 Å². The topological polar surface area (TPSA) is 6.48 Å². The first kappa shape index (κ1) is 27.7. The van der Waals surface area contributed by atoms with E-state index in [0.717, 1.165) is 29.0 Å². The fraction of sp³-hybridized carbons (Fsp3) is 0.122. The van der Waals surface area contributed by atoms with E-state index in [1.807, 2.05) is 18.2 Å². The van der Waals surface area contributed by atoms with Crippen LogP contribution in [0, 0.1) is 5.82 Å². The van der Waals surface area contributed by atoms with Crippen molar-refractivity contribution in [2.45, 2.75) is 32.6 Å². The van der Waals surface area contributed by atoms with Crippen molar-refractivity contribution in [2.24, 2.45) is 0 Å². The molecule has 1 aliphatic heterocycles. The molecule has 0 fully saturated rings. The molecule has 6 aromatic carbocycles. The Morgan fingerprint density at radius 3 is 1.64 bits per heavy atom. The van der Waals surface area contributed by atoms with Crippen LogP contribution < -0.4 is 9.80 Å². The van der Waals surface area contributed by atoms with E-state index in [1.54, 1.807) is 0 Å². The van der Waals surface area contributed by atoms with Gasteiger partial charge in [0.2, 0.25) is 0 Å². The number of aryl methyl sites for hydroxylation is 1. The lowest BCUT2D eigenvalue weighted by molar-refractivity contribution is 0.628. The number of hydrogen-bond donors (Lipinski definition) is 0. The van der Waals surface area contributed by atoms with E-state index in [9.17, 15) is 4.39 Å². The van der Waals surface area contributed by atoms with Crippen molar-refractivity contribution in [1.82, 2.24) is 0 Å². The fourth-order valence-electron chi connectivity index (χ4n) is 6.61. The second kappa shape index (κ2) is 11.2. The summed E-state index contributed by atoms with van der Waals surface area (Å²) in [5, 5.41) is 0. The van der Waals surface area contributed by atoms with E-state index in [2.05, 4.69) is 146 Å². The second-order valence-electron chi connectivity index (χ2n) is 11.9. The van der Waals surface area contributed by atoms with Crippen molar-refractivity contribution in [3.63, 3.8) is 0 Å². The summed E-state index contributed by atoms with van der Waals surface area (Å²) in [6.07, 6.45) is 0.859. The normalized spacial score (nSPS) is 13.2. The van der Waals surface area contributed by atoms with E-state index in [4.69, 9.17) is 0 Å². The van der Waals surface area contributed by atoms with Crippen LogP contribution in [0.5, 0.6) is 0 Å². The summed E-state index contributed by atoms with van der Waals surface area (Å²) in [5.41, 5.74) is 12.6. The summed E-state index contributed by atoms with van der Waals surface area (Å²) >= 11 is 0. The van der Waals surface area contributed by atoms with Gasteiger partial charge in [-0.2, -0.15) is 0 Å². The summed E-state index contributed by atoms with van der Waals surface area (Å²) in [6, 6.07) is 50.0. The summed E-state index contributed by atoms with van der Waals surface area (Å²) in [5.74, 6) is -0.247. The molecule has 6 aromatic rings. The summed E-state index contributed by atoms with van der Waals surface area (Å²) in [7, 11) is 0. The van der Waals surface area contributed by atoms with Gasteiger partial charge in [0, 0.05) is 28.2 Å².